The van der Waals surface area contributed by atoms with Crippen LogP contribution in [0.2, 0.25) is 0 Å². The van der Waals surface area contributed by atoms with Gasteiger partial charge in [-0.2, -0.15) is 10.4 Å². The highest BCUT2D eigenvalue weighted by molar-refractivity contribution is 5.13. The fourth-order valence-corrected chi connectivity index (χ4v) is 2.74. The van der Waals surface area contributed by atoms with E-state index in [2.05, 4.69) is 27.0 Å². The smallest absolute Gasteiger partial charge is 0.213 e. The topological polar surface area (TPSA) is 59.4 Å². The Kier molecular flexibility index (Phi) is 3.32. The first-order valence-electron chi connectivity index (χ1n) is 6.82. The average molecular weight is 255 g/mol. The normalized spacial score (nSPS) is 16.4. The molecule has 0 unspecified atom stereocenters. The number of rotatable bonds is 3. The molecule has 1 aliphatic carbocycles. The number of hydrogen-bond donors (Lipinski definition) is 0. The molecule has 2 aromatic heterocycles. The molecular formula is C14H17N5. The maximum atomic E-state index is 8.94. The molecule has 0 atom stereocenters. The third-order valence-electron chi connectivity index (χ3n) is 3.76. The minimum Gasteiger partial charge on any atom is -0.317 e. The van der Waals surface area contributed by atoms with Crippen molar-refractivity contribution in [3.8, 4) is 6.07 Å². The van der Waals surface area contributed by atoms with E-state index in [1.165, 1.54) is 32.1 Å². The molecule has 0 saturated heterocycles. The summed E-state index contributed by atoms with van der Waals surface area (Å²) in [6, 6.07) is 4.68. The summed E-state index contributed by atoms with van der Waals surface area (Å²) >= 11 is 0. The third kappa shape index (κ3) is 2.53. The molecule has 5 heteroatoms. The van der Waals surface area contributed by atoms with Crippen LogP contribution in [-0.2, 0) is 6.54 Å². The van der Waals surface area contributed by atoms with Gasteiger partial charge in [-0.1, -0.05) is 19.3 Å². The van der Waals surface area contributed by atoms with Crippen LogP contribution in [0.25, 0.3) is 0 Å². The van der Waals surface area contributed by atoms with E-state index in [0.717, 1.165) is 5.69 Å². The summed E-state index contributed by atoms with van der Waals surface area (Å²) in [6.07, 6.45) is 12.0. The summed E-state index contributed by atoms with van der Waals surface area (Å²) in [5.41, 5.74) is 0.986. The van der Waals surface area contributed by atoms with Crippen LogP contribution in [0.5, 0.6) is 0 Å². The highest BCUT2D eigenvalue weighted by Crippen LogP contribution is 2.27. The van der Waals surface area contributed by atoms with Crippen molar-refractivity contribution in [2.75, 3.05) is 0 Å². The van der Waals surface area contributed by atoms with Gasteiger partial charge in [-0.3, -0.25) is 4.68 Å². The first-order chi connectivity index (χ1) is 9.36. The molecule has 0 amide bonds. The van der Waals surface area contributed by atoms with Gasteiger partial charge in [-0.15, -0.1) is 0 Å². The molecule has 1 fully saturated rings. The van der Waals surface area contributed by atoms with Crippen molar-refractivity contribution in [1.82, 2.24) is 19.3 Å². The fourth-order valence-electron chi connectivity index (χ4n) is 2.74. The molecule has 1 aliphatic rings. The van der Waals surface area contributed by atoms with Gasteiger partial charge in [-0.05, 0) is 18.9 Å². The van der Waals surface area contributed by atoms with E-state index in [-0.39, 0.29) is 0 Å². The third-order valence-corrected chi connectivity index (χ3v) is 3.76. The van der Waals surface area contributed by atoms with Crippen LogP contribution in [0, 0.1) is 11.3 Å². The van der Waals surface area contributed by atoms with Crippen molar-refractivity contribution in [3.63, 3.8) is 0 Å². The van der Waals surface area contributed by atoms with Gasteiger partial charge in [0.1, 0.15) is 6.07 Å². The molecule has 0 bridgehead atoms. The SMILES string of the molecule is N#Cc1nccn1Cc1ccn(C2CCCCC2)n1. The fraction of sp³-hybridized carbons (Fsp3) is 0.500. The molecule has 5 nitrogen and oxygen atoms in total. The summed E-state index contributed by atoms with van der Waals surface area (Å²) in [7, 11) is 0. The Morgan fingerprint density at radius 1 is 1.26 bits per heavy atom. The van der Waals surface area contributed by atoms with E-state index < -0.39 is 0 Å². The van der Waals surface area contributed by atoms with Gasteiger partial charge in [0.2, 0.25) is 5.82 Å². The lowest BCUT2D eigenvalue weighted by Gasteiger charge is -2.21. The largest absolute Gasteiger partial charge is 0.317 e. The van der Waals surface area contributed by atoms with Crippen LogP contribution in [0.15, 0.2) is 24.7 Å². The quantitative estimate of drug-likeness (QED) is 0.846. The van der Waals surface area contributed by atoms with Crippen molar-refractivity contribution in [1.29, 1.82) is 5.26 Å². The van der Waals surface area contributed by atoms with Crippen molar-refractivity contribution >= 4 is 0 Å². The zero-order chi connectivity index (χ0) is 13.1. The van der Waals surface area contributed by atoms with Crippen LogP contribution < -0.4 is 0 Å². The van der Waals surface area contributed by atoms with Gasteiger partial charge in [-0.25, -0.2) is 4.98 Å². The zero-order valence-electron chi connectivity index (χ0n) is 10.9. The summed E-state index contributed by atoms with van der Waals surface area (Å²) in [6.45, 7) is 0.614. The monoisotopic (exact) mass is 255 g/mol. The highest BCUT2D eigenvalue weighted by Gasteiger charge is 2.16. The van der Waals surface area contributed by atoms with Gasteiger partial charge in [0.15, 0.2) is 0 Å². The standard InChI is InChI=1S/C14H17N5/c15-10-14-16-7-9-18(14)11-12-6-8-19(17-12)13-4-2-1-3-5-13/h6-9,13H,1-5,11H2. The maximum absolute atomic E-state index is 8.94. The second kappa shape index (κ2) is 5.27. The maximum Gasteiger partial charge on any atom is 0.213 e. The average Bonchev–Trinajstić information content (AvgIpc) is 3.09. The summed E-state index contributed by atoms with van der Waals surface area (Å²) in [5.74, 6) is 0.437. The van der Waals surface area contributed by atoms with E-state index in [0.29, 0.717) is 18.4 Å². The lowest BCUT2D eigenvalue weighted by atomic mass is 9.96. The first-order valence-corrected chi connectivity index (χ1v) is 6.82. The summed E-state index contributed by atoms with van der Waals surface area (Å²) < 4.78 is 3.92. The van der Waals surface area contributed by atoms with Gasteiger partial charge in [0.05, 0.1) is 18.3 Å². The second-order valence-corrected chi connectivity index (χ2v) is 5.07. The number of imidazole rings is 1. The van der Waals surface area contributed by atoms with Gasteiger partial charge >= 0.3 is 0 Å². The molecule has 0 N–H and O–H groups in total. The van der Waals surface area contributed by atoms with Crippen LogP contribution in [0.4, 0.5) is 0 Å². The summed E-state index contributed by atoms with van der Waals surface area (Å²) in [4.78, 5) is 3.99. The van der Waals surface area contributed by atoms with Gasteiger partial charge < -0.3 is 4.57 Å². The van der Waals surface area contributed by atoms with E-state index in [1.807, 2.05) is 16.8 Å². The molecule has 1 saturated carbocycles. The highest BCUT2D eigenvalue weighted by atomic mass is 15.3. The minimum atomic E-state index is 0.437. The number of nitriles is 1. The van der Waals surface area contributed by atoms with E-state index >= 15 is 0 Å². The van der Waals surface area contributed by atoms with Crippen molar-refractivity contribution in [3.05, 3.63) is 36.2 Å². The van der Waals surface area contributed by atoms with Crippen molar-refractivity contribution in [2.24, 2.45) is 0 Å². The van der Waals surface area contributed by atoms with Gasteiger partial charge in [0.25, 0.3) is 0 Å². The van der Waals surface area contributed by atoms with Crippen LogP contribution in [-0.4, -0.2) is 19.3 Å². The molecule has 0 radical (unpaired) electrons. The van der Waals surface area contributed by atoms with E-state index in [4.69, 9.17) is 5.26 Å². The molecule has 0 spiro atoms. The number of nitrogens with zero attached hydrogens (tertiary/aromatic N) is 5. The molecule has 98 valence electrons. The van der Waals surface area contributed by atoms with Crippen LogP contribution in [0.1, 0.15) is 49.7 Å². The van der Waals surface area contributed by atoms with Crippen molar-refractivity contribution < 1.29 is 0 Å². The Bertz CT molecular complexity index is 583. The zero-order valence-corrected chi connectivity index (χ0v) is 10.9. The molecule has 19 heavy (non-hydrogen) atoms. The Labute approximate surface area is 112 Å². The van der Waals surface area contributed by atoms with Crippen molar-refractivity contribution in [2.45, 2.75) is 44.7 Å². The summed E-state index contributed by atoms with van der Waals surface area (Å²) in [5, 5.41) is 13.6. The molecule has 0 aliphatic heterocycles. The minimum absolute atomic E-state index is 0.437. The molecule has 2 aromatic rings. The predicted octanol–water partition coefficient (Wildman–Crippen LogP) is 2.50. The molecule has 2 heterocycles. The Hall–Kier alpha value is -2.09. The Morgan fingerprint density at radius 3 is 2.89 bits per heavy atom. The molecule has 3 rings (SSSR count). The predicted molar refractivity (Wildman–Crippen MR) is 70.4 cm³/mol. The molecule has 0 aromatic carbocycles. The molecular weight excluding hydrogens is 238 g/mol. The van der Waals surface area contributed by atoms with Crippen LogP contribution >= 0.6 is 0 Å². The number of aromatic nitrogens is 4. The second-order valence-electron chi connectivity index (χ2n) is 5.07. The lowest BCUT2D eigenvalue weighted by molar-refractivity contribution is 0.328. The number of hydrogen-bond acceptors (Lipinski definition) is 3. The Balaban J connectivity index is 1.73. The van der Waals surface area contributed by atoms with Crippen LogP contribution in [0.3, 0.4) is 0 Å². The van der Waals surface area contributed by atoms with E-state index in [9.17, 15) is 0 Å². The van der Waals surface area contributed by atoms with E-state index in [1.54, 1.807) is 6.20 Å². The lowest BCUT2D eigenvalue weighted by Crippen LogP contribution is -2.14. The first kappa shape index (κ1) is 12.0. The Morgan fingerprint density at radius 2 is 2.11 bits per heavy atom. The van der Waals surface area contributed by atoms with Gasteiger partial charge in [0, 0.05) is 18.6 Å².